The van der Waals surface area contributed by atoms with Crippen molar-refractivity contribution in [2.24, 2.45) is 5.92 Å². The predicted octanol–water partition coefficient (Wildman–Crippen LogP) is 4.80. The molecule has 0 saturated heterocycles. The quantitative estimate of drug-likeness (QED) is 0.414. The summed E-state index contributed by atoms with van der Waals surface area (Å²) < 4.78 is 51.4. The number of nitrogens with zero attached hydrogens (tertiary/aromatic N) is 1. The Morgan fingerprint density at radius 2 is 1.92 bits per heavy atom. The highest BCUT2D eigenvalue weighted by Crippen LogP contribution is 2.43. The van der Waals surface area contributed by atoms with Gasteiger partial charge in [-0.1, -0.05) is 36.4 Å². The van der Waals surface area contributed by atoms with Crippen molar-refractivity contribution in [3.63, 3.8) is 0 Å². The van der Waals surface area contributed by atoms with Crippen molar-refractivity contribution >= 4 is 38.8 Å². The minimum Gasteiger partial charge on any atom is -0.376 e. The molecule has 2 atom stereocenters. The van der Waals surface area contributed by atoms with Crippen molar-refractivity contribution in [1.29, 1.82) is 0 Å². The lowest BCUT2D eigenvalue weighted by Crippen LogP contribution is -2.27. The van der Waals surface area contributed by atoms with Gasteiger partial charge in [-0.2, -0.15) is 0 Å². The van der Waals surface area contributed by atoms with E-state index < -0.39 is 21.1 Å². The molecular weight excluding hydrogens is 501 g/mol. The van der Waals surface area contributed by atoms with Crippen LogP contribution in [0.1, 0.15) is 23.1 Å². The van der Waals surface area contributed by atoms with Gasteiger partial charge in [-0.15, -0.1) is 11.8 Å². The molecule has 190 valence electrons. The number of hydrogen-bond acceptors (Lipinski definition) is 6. The number of ether oxygens (including phenoxy) is 1. The average molecular weight is 530 g/mol. The molecule has 0 bridgehead atoms. The van der Waals surface area contributed by atoms with E-state index in [1.807, 2.05) is 30.3 Å². The smallest absolute Gasteiger partial charge is 0.256 e. The zero-order chi connectivity index (χ0) is 25.4. The highest BCUT2D eigenvalue weighted by atomic mass is 32.2. The molecule has 2 aromatic carbocycles. The Balaban J connectivity index is 1.38. The first-order valence-corrected chi connectivity index (χ1v) is 14.3. The molecule has 1 aliphatic heterocycles. The SMILES string of the molecule is Cc1ccc(Nc2c(NS(=O)(=O)C3CC3COCc3ccccc3)c3n(c(=O)c2C)CCS3)c(F)c1. The van der Waals surface area contributed by atoms with Gasteiger partial charge in [0.25, 0.3) is 5.56 Å². The monoisotopic (exact) mass is 529 g/mol. The Hall–Kier alpha value is -2.82. The van der Waals surface area contributed by atoms with Gasteiger partial charge >= 0.3 is 0 Å². The summed E-state index contributed by atoms with van der Waals surface area (Å²) in [5, 5.41) is 2.96. The van der Waals surface area contributed by atoms with Crippen molar-refractivity contribution in [2.45, 2.75) is 43.7 Å². The van der Waals surface area contributed by atoms with E-state index in [4.69, 9.17) is 4.74 Å². The molecule has 0 spiro atoms. The van der Waals surface area contributed by atoms with Crippen LogP contribution in [0.5, 0.6) is 0 Å². The van der Waals surface area contributed by atoms with Crippen molar-refractivity contribution in [3.05, 3.63) is 81.4 Å². The number of thioether (sulfide) groups is 1. The molecule has 1 fully saturated rings. The van der Waals surface area contributed by atoms with Crippen LogP contribution < -0.4 is 15.6 Å². The summed E-state index contributed by atoms with van der Waals surface area (Å²) in [5.41, 5.74) is 2.66. The zero-order valence-corrected chi connectivity index (χ0v) is 21.7. The number of sulfonamides is 1. The third-order valence-corrected chi connectivity index (χ3v) is 9.48. The van der Waals surface area contributed by atoms with Crippen molar-refractivity contribution in [2.75, 3.05) is 22.4 Å². The molecule has 0 amide bonds. The molecular formula is C26H28FN3O4S2. The first-order chi connectivity index (χ1) is 17.2. The van der Waals surface area contributed by atoms with Gasteiger partial charge in [-0.3, -0.25) is 9.52 Å². The minimum atomic E-state index is -3.76. The molecule has 2 heterocycles. The summed E-state index contributed by atoms with van der Waals surface area (Å²) in [5.74, 6) is 0.0742. The third kappa shape index (κ3) is 5.02. The number of pyridine rings is 1. The van der Waals surface area contributed by atoms with E-state index in [0.717, 1.165) is 11.1 Å². The van der Waals surface area contributed by atoms with Crippen LogP contribution in [0.15, 0.2) is 58.4 Å². The minimum absolute atomic E-state index is 0.106. The summed E-state index contributed by atoms with van der Waals surface area (Å²) >= 11 is 1.41. The first-order valence-electron chi connectivity index (χ1n) is 11.8. The van der Waals surface area contributed by atoms with E-state index in [1.54, 1.807) is 30.5 Å². The second kappa shape index (κ2) is 9.91. The van der Waals surface area contributed by atoms with Crippen LogP contribution in [0.2, 0.25) is 0 Å². The number of anilines is 3. The Kier molecular flexibility index (Phi) is 6.84. The van der Waals surface area contributed by atoms with E-state index in [0.29, 0.717) is 48.2 Å². The van der Waals surface area contributed by atoms with Crippen molar-refractivity contribution in [3.8, 4) is 0 Å². The van der Waals surface area contributed by atoms with Crippen LogP contribution in [0.25, 0.3) is 0 Å². The van der Waals surface area contributed by atoms with E-state index in [1.165, 1.54) is 17.8 Å². The summed E-state index contributed by atoms with van der Waals surface area (Å²) in [6.07, 6.45) is 0.501. The van der Waals surface area contributed by atoms with E-state index in [-0.39, 0.29) is 22.9 Å². The summed E-state index contributed by atoms with van der Waals surface area (Å²) in [6, 6.07) is 14.5. The van der Waals surface area contributed by atoms with Crippen molar-refractivity contribution < 1.29 is 17.5 Å². The van der Waals surface area contributed by atoms with Gasteiger partial charge in [0, 0.05) is 23.8 Å². The molecule has 2 aliphatic rings. The Labute approximate surface area is 214 Å². The number of aryl methyl sites for hydroxylation is 1. The third-order valence-electron chi connectivity index (χ3n) is 6.53. The number of halogens is 1. The second-order valence-corrected chi connectivity index (χ2v) is 12.3. The van der Waals surface area contributed by atoms with E-state index in [9.17, 15) is 17.6 Å². The number of nitrogens with one attached hydrogen (secondary N) is 2. The normalized spacial score (nSPS) is 18.6. The van der Waals surface area contributed by atoms with E-state index >= 15 is 0 Å². The van der Waals surface area contributed by atoms with Gasteiger partial charge in [0.1, 0.15) is 16.5 Å². The molecule has 3 aromatic rings. The molecule has 2 N–H and O–H groups in total. The highest BCUT2D eigenvalue weighted by Gasteiger charge is 2.48. The van der Waals surface area contributed by atoms with Crippen LogP contribution in [-0.4, -0.2) is 30.6 Å². The zero-order valence-electron chi connectivity index (χ0n) is 20.1. The van der Waals surface area contributed by atoms with Crippen LogP contribution >= 0.6 is 11.8 Å². The molecule has 2 unspecified atom stereocenters. The van der Waals surface area contributed by atoms with Crippen molar-refractivity contribution in [1.82, 2.24) is 4.57 Å². The molecule has 36 heavy (non-hydrogen) atoms. The lowest BCUT2D eigenvalue weighted by atomic mass is 10.1. The predicted molar refractivity (Wildman–Crippen MR) is 141 cm³/mol. The number of fused-ring (bicyclic) bond motifs is 1. The molecule has 5 rings (SSSR count). The lowest BCUT2D eigenvalue weighted by molar-refractivity contribution is 0.111. The number of benzene rings is 2. The van der Waals surface area contributed by atoms with Gasteiger partial charge in [-0.25, -0.2) is 12.8 Å². The molecule has 0 radical (unpaired) electrons. The molecule has 7 nitrogen and oxygen atoms in total. The van der Waals surface area contributed by atoms with Gasteiger partial charge in [0.2, 0.25) is 10.0 Å². The summed E-state index contributed by atoms with van der Waals surface area (Å²) in [6.45, 7) is 4.68. The molecule has 10 heteroatoms. The topological polar surface area (TPSA) is 89.4 Å². The molecule has 1 aromatic heterocycles. The molecule has 1 aliphatic carbocycles. The van der Waals surface area contributed by atoms with Crippen LogP contribution in [-0.2, 0) is 27.9 Å². The average Bonchev–Trinajstić information content (AvgIpc) is 3.47. The highest BCUT2D eigenvalue weighted by molar-refractivity contribution is 7.99. The van der Waals surface area contributed by atoms with Gasteiger partial charge in [0.15, 0.2) is 0 Å². The fraction of sp³-hybridized carbons (Fsp3) is 0.346. The fourth-order valence-corrected chi connectivity index (χ4v) is 7.30. The van der Waals surface area contributed by atoms with Gasteiger partial charge in [0.05, 0.1) is 29.8 Å². The van der Waals surface area contributed by atoms with Gasteiger partial charge in [-0.05, 0) is 43.5 Å². The van der Waals surface area contributed by atoms with Crippen LogP contribution in [0.4, 0.5) is 21.5 Å². The van der Waals surface area contributed by atoms with Crippen LogP contribution in [0, 0.1) is 25.6 Å². The number of rotatable bonds is 9. The second-order valence-electron chi connectivity index (χ2n) is 9.28. The Bertz CT molecular complexity index is 1460. The largest absolute Gasteiger partial charge is 0.376 e. The summed E-state index contributed by atoms with van der Waals surface area (Å²) in [7, 11) is -3.76. The maximum atomic E-state index is 14.6. The number of aromatic nitrogens is 1. The first kappa shape index (κ1) is 24.9. The van der Waals surface area contributed by atoms with Gasteiger partial charge < -0.3 is 14.6 Å². The Morgan fingerprint density at radius 1 is 1.14 bits per heavy atom. The fourth-order valence-electron chi connectivity index (χ4n) is 4.42. The van der Waals surface area contributed by atoms with Crippen LogP contribution in [0.3, 0.4) is 0 Å². The maximum absolute atomic E-state index is 14.6. The standard InChI is InChI=1S/C26H28FN3O4S2/c1-16-8-9-21(20(27)12-16)28-23-17(2)25(31)30-10-11-35-26(30)24(23)29-36(32,33)22-13-19(22)15-34-14-18-6-4-3-5-7-18/h3-9,12,19,22,28-29H,10-11,13-15H2,1-2H3. The number of hydrogen-bond donors (Lipinski definition) is 2. The molecule has 1 saturated carbocycles. The summed E-state index contributed by atoms with van der Waals surface area (Å²) in [4.78, 5) is 13.0. The maximum Gasteiger partial charge on any atom is 0.256 e. The van der Waals surface area contributed by atoms with E-state index in [2.05, 4.69) is 10.0 Å². The lowest BCUT2D eigenvalue weighted by Gasteiger charge is -2.20. The Morgan fingerprint density at radius 3 is 2.67 bits per heavy atom.